The first-order chi connectivity index (χ1) is 16.5. The topological polar surface area (TPSA) is 98.0 Å². The summed E-state index contributed by atoms with van der Waals surface area (Å²) >= 11 is 0. The van der Waals surface area contributed by atoms with E-state index in [4.69, 9.17) is 5.73 Å². The number of nitrogen functional groups attached to an aromatic ring is 1. The van der Waals surface area contributed by atoms with E-state index in [0.29, 0.717) is 27.9 Å². The van der Waals surface area contributed by atoms with Gasteiger partial charge in [0, 0.05) is 65.8 Å². The van der Waals surface area contributed by atoms with Crippen molar-refractivity contribution in [2.24, 2.45) is 4.99 Å². The molecule has 7 nitrogen and oxygen atoms in total. The maximum atomic E-state index is 12.8. The van der Waals surface area contributed by atoms with Crippen LogP contribution in [-0.4, -0.2) is 60.2 Å². The number of nitrogens with zero attached hydrogens (tertiary/aromatic N) is 3. The first-order valence-electron chi connectivity index (χ1n) is 11.3. The molecular formula is C27H27N5O2. The molecular weight excluding hydrogens is 426 g/mol. The van der Waals surface area contributed by atoms with Gasteiger partial charge in [0.25, 0.3) is 0 Å². The first-order valence-corrected chi connectivity index (χ1v) is 11.3. The highest BCUT2D eigenvalue weighted by molar-refractivity contribution is 6.12. The quantitative estimate of drug-likeness (QED) is 0.239. The summed E-state index contributed by atoms with van der Waals surface area (Å²) in [6.45, 7) is 4.16. The molecule has 0 spiro atoms. The van der Waals surface area contributed by atoms with Crippen molar-refractivity contribution >= 4 is 40.0 Å². The van der Waals surface area contributed by atoms with Crippen LogP contribution in [0.2, 0.25) is 0 Å². The fraction of sp³-hybridized carbons (Fsp3) is 0.185. The average Bonchev–Trinajstić information content (AvgIpc) is 3.17. The second-order valence-electron chi connectivity index (χ2n) is 8.66. The number of carbonyl (C=O) groups is 1. The molecule has 1 aliphatic heterocycles. The molecule has 4 N–H and O–H groups in total. The van der Waals surface area contributed by atoms with Crippen molar-refractivity contribution in [2.75, 3.05) is 43.9 Å². The summed E-state index contributed by atoms with van der Waals surface area (Å²) in [5, 5.41) is 11.3. The SMILES string of the molecule is CN1CCN(c2ccc(N=Cc3c(O)[nH]c4cc(C(=O)c5ccc(N)cc5)ccc34)cc2)CC1. The number of carbonyl (C=O) groups excluding carboxylic acids is 1. The fourth-order valence-corrected chi connectivity index (χ4v) is 4.23. The predicted octanol–water partition coefficient (Wildman–Crippen LogP) is 4.19. The molecule has 1 aromatic heterocycles. The van der Waals surface area contributed by atoms with Crippen molar-refractivity contribution in [3.05, 3.63) is 83.4 Å². The molecule has 0 amide bonds. The number of aromatic amines is 1. The van der Waals surface area contributed by atoms with Crippen LogP contribution >= 0.6 is 0 Å². The van der Waals surface area contributed by atoms with Gasteiger partial charge in [0.2, 0.25) is 0 Å². The summed E-state index contributed by atoms with van der Waals surface area (Å²) in [6, 6.07) is 20.3. The van der Waals surface area contributed by atoms with Crippen molar-refractivity contribution in [3.8, 4) is 5.88 Å². The van der Waals surface area contributed by atoms with Crippen LogP contribution in [0.25, 0.3) is 10.9 Å². The van der Waals surface area contributed by atoms with Gasteiger partial charge >= 0.3 is 0 Å². The van der Waals surface area contributed by atoms with E-state index >= 15 is 0 Å². The predicted molar refractivity (Wildman–Crippen MR) is 138 cm³/mol. The normalized spacial score (nSPS) is 14.8. The first kappa shape index (κ1) is 21.7. The van der Waals surface area contributed by atoms with Crippen molar-refractivity contribution in [1.82, 2.24) is 9.88 Å². The number of hydrogen-bond acceptors (Lipinski definition) is 6. The van der Waals surface area contributed by atoms with E-state index < -0.39 is 0 Å². The standard InChI is InChI=1S/C27H27N5O2/c1-31-12-14-32(15-13-31)22-9-7-21(8-10-22)29-17-24-23-11-4-19(16-25(23)30-27(24)34)26(33)18-2-5-20(28)6-3-18/h2-11,16-17,30,34H,12-15,28H2,1H3. The van der Waals surface area contributed by atoms with Crippen LogP contribution in [-0.2, 0) is 0 Å². The number of fused-ring (bicyclic) bond motifs is 1. The number of likely N-dealkylation sites (N-methyl/N-ethyl adjacent to an activating group) is 1. The third kappa shape index (κ3) is 4.38. The number of aromatic hydroxyl groups is 1. The van der Waals surface area contributed by atoms with Crippen molar-refractivity contribution in [2.45, 2.75) is 0 Å². The number of nitrogens with one attached hydrogen (secondary N) is 1. The van der Waals surface area contributed by atoms with E-state index in [1.54, 1.807) is 42.6 Å². The van der Waals surface area contributed by atoms with Gasteiger partial charge in [-0.15, -0.1) is 0 Å². The Hall–Kier alpha value is -4.10. The smallest absolute Gasteiger partial charge is 0.198 e. The van der Waals surface area contributed by atoms with Crippen LogP contribution in [0.3, 0.4) is 0 Å². The summed E-state index contributed by atoms with van der Waals surface area (Å²) in [7, 11) is 2.15. The van der Waals surface area contributed by atoms with Crippen LogP contribution < -0.4 is 10.6 Å². The van der Waals surface area contributed by atoms with Gasteiger partial charge < -0.3 is 25.6 Å². The number of benzene rings is 3. The molecule has 2 heterocycles. The number of piperazine rings is 1. The minimum atomic E-state index is -0.105. The van der Waals surface area contributed by atoms with E-state index in [2.05, 4.69) is 39.0 Å². The van der Waals surface area contributed by atoms with Gasteiger partial charge in [-0.05, 0) is 61.6 Å². The van der Waals surface area contributed by atoms with Gasteiger partial charge in [-0.25, -0.2) is 0 Å². The third-order valence-electron chi connectivity index (χ3n) is 6.31. The number of anilines is 2. The number of rotatable bonds is 5. The summed E-state index contributed by atoms with van der Waals surface area (Å²) in [5.41, 5.74) is 10.7. The maximum absolute atomic E-state index is 12.8. The lowest BCUT2D eigenvalue weighted by molar-refractivity contribution is 0.103. The summed E-state index contributed by atoms with van der Waals surface area (Å²) in [4.78, 5) is 25.0. The van der Waals surface area contributed by atoms with Crippen molar-refractivity contribution in [3.63, 3.8) is 0 Å². The highest BCUT2D eigenvalue weighted by Crippen LogP contribution is 2.28. The highest BCUT2D eigenvalue weighted by Gasteiger charge is 2.15. The fourth-order valence-electron chi connectivity index (χ4n) is 4.23. The second kappa shape index (κ2) is 9.03. The molecule has 172 valence electrons. The lowest BCUT2D eigenvalue weighted by Gasteiger charge is -2.34. The number of ketones is 1. The number of nitrogens with two attached hydrogens (primary N) is 1. The Morgan fingerprint density at radius 1 is 0.971 bits per heavy atom. The Balaban J connectivity index is 1.35. The molecule has 0 bridgehead atoms. The van der Waals surface area contributed by atoms with Gasteiger partial charge in [0.05, 0.1) is 11.3 Å². The zero-order valence-corrected chi connectivity index (χ0v) is 19.0. The van der Waals surface area contributed by atoms with Crippen LogP contribution in [0.1, 0.15) is 21.5 Å². The lowest BCUT2D eigenvalue weighted by atomic mass is 10.0. The molecule has 34 heavy (non-hydrogen) atoms. The summed E-state index contributed by atoms with van der Waals surface area (Å²) in [5.74, 6) is -0.0865. The average molecular weight is 454 g/mol. The Morgan fingerprint density at radius 3 is 2.35 bits per heavy atom. The molecule has 1 saturated heterocycles. The molecule has 1 aliphatic rings. The molecule has 1 fully saturated rings. The summed E-state index contributed by atoms with van der Waals surface area (Å²) in [6.07, 6.45) is 1.65. The third-order valence-corrected chi connectivity index (χ3v) is 6.31. The molecule has 0 radical (unpaired) electrons. The minimum Gasteiger partial charge on any atom is -0.494 e. The van der Waals surface area contributed by atoms with Gasteiger partial charge in [0.1, 0.15) is 0 Å². The van der Waals surface area contributed by atoms with E-state index in [-0.39, 0.29) is 11.7 Å². The van der Waals surface area contributed by atoms with Gasteiger partial charge in [-0.2, -0.15) is 0 Å². The molecule has 7 heteroatoms. The zero-order valence-electron chi connectivity index (χ0n) is 19.0. The van der Waals surface area contributed by atoms with Crippen LogP contribution in [0.15, 0.2) is 71.7 Å². The maximum Gasteiger partial charge on any atom is 0.198 e. The summed E-state index contributed by atoms with van der Waals surface area (Å²) < 4.78 is 0. The highest BCUT2D eigenvalue weighted by atomic mass is 16.3. The molecule has 0 aliphatic carbocycles. The minimum absolute atomic E-state index is 0.0184. The molecule has 0 saturated carbocycles. The Kier molecular flexibility index (Phi) is 5.77. The number of hydrogen-bond donors (Lipinski definition) is 3. The second-order valence-corrected chi connectivity index (χ2v) is 8.66. The monoisotopic (exact) mass is 453 g/mol. The molecule has 5 rings (SSSR count). The van der Waals surface area contributed by atoms with E-state index in [1.165, 1.54) is 5.69 Å². The van der Waals surface area contributed by atoms with Gasteiger partial charge in [0.15, 0.2) is 11.7 Å². The number of aliphatic imine (C=N–C) groups is 1. The van der Waals surface area contributed by atoms with E-state index in [9.17, 15) is 9.90 Å². The Morgan fingerprint density at radius 2 is 1.65 bits per heavy atom. The van der Waals surface area contributed by atoms with E-state index in [0.717, 1.165) is 37.3 Å². The number of H-pyrrole nitrogens is 1. The van der Waals surface area contributed by atoms with Crippen LogP contribution in [0, 0.1) is 0 Å². The van der Waals surface area contributed by atoms with Crippen LogP contribution in [0.5, 0.6) is 5.88 Å². The molecule has 3 aromatic carbocycles. The largest absolute Gasteiger partial charge is 0.494 e. The molecule has 0 unspecified atom stereocenters. The van der Waals surface area contributed by atoms with E-state index in [1.807, 2.05) is 18.2 Å². The van der Waals surface area contributed by atoms with Crippen molar-refractivity contribution < 1.29 is 9.90 Å². The Labute approximate surface area is 198 Å². The molecule has 0 atom stereocenters. The molecule has 4 aromatic rings. The Bertz CT molecular complexity index is 1350. The zero-order chi connectivity index (χ0) is 23.7. The number of aromatic nitrogens is 1. The van der Waals surface area contributed by atoms with Crippen LogP contribution in [0.4, 0.5) is 17.1 Å². The van der Waals surface area contributed by atoms with Gasteiger partial charge in [-0.3, -0.25) is 9.79 Å². The van der Waals surface area contributed by atoms with Gasteiger partial charge in [-0.1, -0.05) is 12.1 Å². The van der Waals surface area contributed by atoms with Crippen molar-refractivity contribution in [1.29, 1.82) is 0 Å². The lowest BCUT2D eigenvalue weighted by Crippen LogP contribution is -2.44.